The number of Topliss-reactive ketones (excluding diaryl/α,β-unsaturated/α-hetero) is 2. The number of hydrogen-bond acceptors (Lipinski definition) is 8. The lowest BCUT2D eigenvalue weighted by Gasteiger charge is -1.98. The molecule has 0 aromatic carbocycles. The number of ketones is 2. The molecule has 0 spiro atoms. The molecule has 2 heterocycles. The van der Waals surface area contributed by atoms with Gasteiger partial charge < -0.3 is 0 Å². The topological polar surface area (TPSA) is 128 Å². The second-order valence-corrected chi connectivity index (χ2v) is 9.35. The van der Waals surface area contributed by atoms with E-state index in [0.717, 1.165) is 12.5 Å². The molecule has 2 aromatic rings. The van der Waals surface area contributed by atoms with Crippen molar-refractivity contribution in [2.24, 2.45) is 0 Å². The van der Waals surface area contributed by atoms with Crippen molar-refractivity contribution in [2.75, 3.05) is 12.5 Å². The number of pyridine rings is 2. The van der Waals surface area contributed by atoms with Crippen molar-refractivity contribution in [3.63, 3.8) is 0 Å². The van der Waals surface area contributed by atoms with Gasteiger partial charge in [0, 0.05) is 36.0 Å². The van der Waals surface area contributed by atoms with Gasteiger partial charge >= 0.3 is 0 Å². The molecular weight excluding hydrogens is 380 g/mol. The number of hydrogen-bond donors (Lipinski definition) is 0. The first kappa shape index (κ1) is 21.6. The molecule has 0 aliphatic heterocycles. The van der Waals surface area contributed by atoms with Gasteiger partial charge in [-0.3, -0.25) is 9.59 Å². The Morgan fingerprint density at radius 2 is 1.04 bits per heavy atom. The van der Waals surface area contributed by atoms with Crippen molar-refractivity contribution in [2.45, 2.75) is 23.9 Å². The minimum absolute atomic E-state index is 0.0693. The fourth-order valence-corrected chi connectivity index (χ4v) is 2.85. The van der Waals surface area contributed by atoms with Crippen molar-refractivity contribution in [1.29, 1.82) is 0 Å². The predicted octanol–water partition coefficient (Wildman–Crippen LogP) is 1.38. The van der Waals surface area contributed by atoms with Gasteiger partial charge in [-0.25, -0.2) is 26.8 Å². The maximum absolute atomic E-state index is 11.0. The molecule has 0 radical (unpaired) electrons. The van der Waals surface area contributed by atoms with E-state index < -0.39 is 19.7 Å². The number of nitrogens with zero attached hydrogens (tertiary/aromatic N) is 2. The lowest BCUT2D eigenvalue weighted by atomic mass is 10.2. The van der Waals surface area contributed by atoms with Crippen LogP contribution in [0, 0.1) is 0 Å². The van der Waals surface area contributed by atoms with E-state index >= 15 is 0 Å². The summed E-state index contributed by atoms with van der Waals surface area (Å²) >= 11 is 0. The maximum atomic E-state index is 11.0. The van der Waals surface area contributed by atoms with Crippen molar-refractivity contribution < 1.29 is 26.4 Å². The van der Waals surface area contributed by atoms with Gasteiger partial charge in [0.2, 0.25) is 0 Å². The average Bonchev–Trinajstić information content (AvgIpc) is 2.54. The van der Waals surface area contributed by atoms with Crippen LogP contribution in [0.3, 0.4) is 0 Å². The molecule has 2 rings (SSSR count). The summed E-state index contributed by atoms with van der Waals surface area (Å²) < 4.78 is 44.1. The van der Waals surface area contributed by atoms with Crippen LogP contribution in [0.25, 0.3) is 0 Å². The maximum Gasteiger partial charge on any atom is 0.192 e. The van der Waals surface area contributed by atoms with Gasteiger partial charge in [-0.2, -0.15) is 0 Å². The number of carbonyl (C=O) groups is 2. The second kappa shape index (κ2) is 8.28. The lowest BCUT2D eigenvalue weighted by molar-refractivity contribution is 0.100. The highest BCUT2D eigenvalue weighted by atomic mass is 32.2. The third-order valence-electron chi connectivity index (χ3n) is 3.04. The van der Waals surface area contributed by atoms with E-state index in [0.29, 0.717) is 11.1 Å². The van der Waals surface area contributed by atoms with E-state index in [-0.39, 0.29) is 21.6 Å². The first-order valence-electron chi connectivity index (χ1n) is 7.16. The molecule has 0 fully saturated rings. The quantitative estimate of drug-likeness (QED) is 0.706. The average molecular weight is 398 g/mol. The zero-order chi connectivity index (χ0) is 20.1. The van der Waals surface area contributed by atoms with E-state index in [4.69, 9.17) is 0 Å². The molecule has 0 unspecified atom stereocenters. The molecule has 2 aromatic heterocycles. The summed E-state index contributed by atoms with van der Waals surface area (Å²) in [6, 6.07) is 5.52. The van der Waals surface area contributed by atoms with Crippen LogP contribution < -0.4 is 0 Å². The fourth-order valence-electron chi connectivity index (χ4n) is 1.66. The van der Waals surface area contributed by atoms with Crippen LogP contribution in [0.15, 0.2) is 46.7 Å². The summed E-state index contributed by atoms with van der Waals surface area (Å²) in [4.78, 5) is 29.1. The largest absolute Gasteiger partial charge is 0.295 e. The minimum atomic E-state index is -3.32. The molecule has 10 heteroatoms. The van der Waals surface area contributed by atoms with Gasteiger partial charge in [0.05, 0.1) is 0 Å². The van der Waals surface area contributed by atoms with Crippen LogP contribution in [0.1, 0.15) is 34.6 Å². The Morgan fingerprint density at radius 1 is 0.731 bits per heavy atom. The molecular formula is C16H18N2O6S2. The Kier molecular flexibility index (Phi) is 6.87. The van der Waals surface area contributed by atoms with Crippen LogP contribution in [0.4, 0.5) is 0 Å². The van der Waals surface area contributed by atoms with Crippen LogP contribution in [-0.4, -0.2) is 50.9 Å². The van der Waals surface area contributed by atoms with E-state index in [2.05, 4.69) is 9.97 Å². The Hall–Kier alpha value is -2.46. The van der Waals surface area contributed by atoms with Crippen molar-refractivity contribution in [3.05, 3.63) is 47.8 Å². The number of carbonyl (C=O) groups excluding carboxylic acids is 2. The highest BCUT2D eigenvalue weighted by Gasteiger charge is 2.11. The molecule has 0 atom stereocenters. The molecule has 140 valence electrons. The predicted molar refractivity (Wildman–Crippen MR) is 94.7 cm³/mol. The standard InChI is InChI=1S/2C8H9NO3S/c2*1-6(10)7-3-4-9-8(5-7)13(2,11)12/h2*3-5H,1-2H3. The zero-order valence-electron chi connectivity index (χ0n) is 14.6. The molecule has 0 aliphatic carbocycles. The molecule has 0 saturated heterocycles. The fraction of sp³-hybridized carbons (Fsp3) is 0.250. The van der Waals surface area contributed by atoms with E-state index in [1.165, 1.54) is 50.5 Å². The Bertz CT molecular complexity index is 958. The van der Waals surface area contributed by atoms with E-state index in [9.17, 15) is 26.4 Å². The first-order valence-corrected chi connectivity index (χ1v) is 10.9. The molecule has 0 aliphatic rings. The van der Waals surface area contributed by atoms with Gasteiger partial charge in [-0.1, -0.05) is 0 Å². The third kappa shape index (κ3) is 6.45. The van der Waals surface area contributed by atoms with E-state index in [1.54, 1.807) is 0 Å². The number of aromatic nitrogens is 2. The van der Waals surface area contributed by atoms with E-state index in [1.807, 2.05) is 0 Å². The molecule has 0 saturated carbocycles. The molecule has 0 amide bonds. The number of sulfone groups is 2. The smallest absolute Gasteiger partial charge is 0.192 e. The Labute approximate surface area is 152 Å². The first-order chi connectivity index (χ1) is 11.8. The number of rotatable bonds is 4. The van der Waals surface area contributed by atoms with Crippen molar-refractivity contribution in [3.8, 4) is 0 Å². The van der Waals surface area contributed by atoms with Gasteiger partial charge in [0.1, 0.15) is 0 Å². The Balaban J connectivity index is 0.000000260. The SMILES string of the molecule is CC(=O)c1ccnc(S(C)(=O)=O)c1.CC(=O)c1ccnc(S(C)(=O)=O)c1. The van der Waals surface area contributed by atoms with Crippen LogP contribution in [0.5, 0.6) is 0 Å². The monoisotopic (exact) mass is 398 g/mol. The third-order valence-corrected chi connectivity index (χ3v) is 5.01. The Morgan fingerprint density at radius 3 is 1.27 bits per heavy atom. The van der Waals surface area contributed by atoms with Crippen molar-refractivity contribution >= 4 is 31.2 Å². The van der Waals surface area contributed by atoms with Gasteiger partial charge in [-0.05, 0) is 38.1 Å². The second-order valence-electron chi connectivity index (χ2n) is 5.42. The summed E-state index contributed by atoms with van der Waals surface area (Å²) in [7, 11) is -6.64. The summed E-state index contributed by atoms with van der Waals surface area (Å²) in [5.41, 5.74) is 0.714. The van der Waals surface area contributed by atoms with Crippen LogP contribution in [-0.2, 0) is 19.7 Å². The van der Waals surface area contributed by atoms with Gasteiger partial charge in [0.25, 0.3) is 0 Å². The summed E-state index contributed by atoms with van der Waals surface area (Å²) in [6.07, 6.45) is 4.73. The van der Waals surface area contributed by atoms with Crippen LogP contribution in [0.2, 0.25) is 0 Å². The highest BCUT2D eigenvalue weighted by molar-refractivity contribution is 7.90. The lowest BCUT2D eigenvalue weighted by Crippen LogP contribution is -2.02. The summed E-state index contributed by atoms with van der Waals surface area (Å²) in [6.45, 7) is 2.75. The van der Waals surface area contributed by atoms with Crippen molar-refractivity contribution in [1.82, 2.24) is 9.97 Å². The molecule has 8 nitrogen and oxygen atoms in total. The molecule has 0 bridgehead atoms. The van der Waals surface area contributed by atoms with Gasteiger partial charge in [0.15, 0.2) is 41.3 Å². The summed E-state index contributed by atoms with van der Waals surface area (Å²) in [5.74, 6) is -0.348. The minimum Gasteiger partial charge on any atom is -0.295 e. The molecule has 26 heavy (non-hydrogen) atoms. The van der Waals surface area contributed by atoms with Gasteiger partial charge in [-0.15, -0.1) is 0 Å². The highest BCUT2D eigenvalue weighted by Crippen LogP contribution is 2.08. The molecule has 0 N–H and O–H groups in total. The zero-order valence-corrected chi connectivity index (χ0v) is 16.3. The normalized spacial score (nSPS) is 11.2. The summed E-state index contributed by atoms with van der Waals surface area (Å²) in [5, 5.41) is -0.139. The van der Waals surface area contributed by atoms with Crippen LogP contribution >= 0.6 is 0 Å².